The molecule has 0 heterocycles. The lowest BCUT2D eigenvalue weighted by Gasteiger charge is -2.28. The Balaban J connectivity index is 1.80. The molecule has 0 radical (unpaired) electrons. The van der Waals surface area contributed by atoms with E-state index in [-0.39, 0.29) is 39.5 Å². The van der Waals surface area contributed by atoms with E-state index in [4.69, 9.17) is 27.9 Å². The minimum atomic E-state index is -0.607. The summed E-state index contributed by atoms with van der Waals surface area (Å²) in [5.41, 5.74) is 6.04. The van der Waals surface area contributed by atoms with Gasteiger partial charge in [-0.25, -0.2) is 0 Å². The highest BCUT2D eigenvalue weighted by Gasteiger charge is 2.39. The van der Waals surface area contributed by atoms with E-state index in [1.807, 2.05) is 38.1 Å². The number of hydrogen-bond acceptors (Lipinski definition) is 7. The number of nitrogens with one attached hydrogen (secondary N) is 2. The predicted octanol–water partition coefficient (Wildman–Crippen LogP) is 11.7. The fourth-order valence-electron chi connectivity index (χ4n) is 6.98. The maximum atomic E-state index is 14.5. The molecule has 4 aromatic carbocycles. The zero-order valence-corrected chi connectivity index (χ0v) is 31.7. The van der Waals surface area contributed by atoms with Crippen LogP contribution in [-0.4, -0.2) is 28.4 Å². The summed E-state index contributed by atoms with van der Waals surface area (Å²) in [6.07, 6.45) is 8.93. The molecule has 4 N–H and O–H groups in total. The first-order valence-electron chi connectivity index (χ1n) is 18.2. The standard InChI is InChI=1S/C42H48Cl2N2O5/c1-6-11-12-13-14-15-22-51-42-34-28(40(49)35-32(47)20-21-33(48)36(35)41(34)50)23-31(45-37-24(7-2)16-18-29(43)26(37)9-4)39(42)46-38-25(8-3)17-19-30(44)27(38)10-5/h16-21,23,45-48H,6-15,22H2,1-5H3. The number of phenols is 2. The number of fused-ring (bicyclic) bond motifs is 2. The Morgan fingerprint density at radius 3 is 1.69 bits per heavy atom. The van der Waals surface area contributed by atoms with Crippen molar-refractivity contribution in [3.8, 4) is 17.2 Å². The summed E-state index contributed by atoms with van der Waals surface area (Å²) in [5, 5.41) is 30.2. The number of carbonyl (C=O) groups excluding carboxylic acids is 2. The van der Waals surface area contributed by atoms with Crippen molar-refractivity contribution in [1.29, 1.82) is 0 Å². The highest BCUT2D eigenvalue weighted by molar-refractivity contribution is 6.33. The number of rotatable bonds is 16. The lowest BCUT2D eigenvalue weighted by atomic mass is 9.81. The number of aryl methyl sites for hydroxylation is 2. The Hall–Kier alpha value is -4.20. The van der Waals surface area contributed by atoms with Crippen LogP contribution in [0.2, 0.25) is 10.0 Å². The minimum Gasteiger partial charge on any atom is -0.507 e. The average molecular weight is 732 g/mol. The Kier molecular flexibility index (Phi) is 12.6. The highest BCUT2D eigenvalue weighted by atomic mass is 35.5. The van der Waals surface area contributed by atoms with E-state index in [9.17, 15) is 19.8 Å². The molecule has 0 bridgehead atoms. The maximum absolute atomic E-state index is 14.5. The molecule has 270 valence electrons. The van der Waals surface area contributed by atoms with Crippen molar-refractivity contribution in [3.63, 3.8) is 0 Å². The molecule has 51 heavy (non-hydrogen) atoms. The Bertz CT molecular complexity index is 1960. The van der Waals surface area contributed by atoms with Crippen LogP contribution in [0, 0.1) is 0 Å². The molecule has 0 atom stereocenters. The van der Waals surface area contributed by atoms with Crippen LogP contribution in [0.15, 0.2) is 42.5 Å². The monoisotopic (exact) mass is 730 g/mol. The first-order chi connectivity index (χ1) is 24.6. The number of carbonyl (C=O) groups is 2. The van der Waals surface area contributed by atoms with Gasteiger partial charge in [0.25, 0.3) is 0 Å². The van der Waals surface area contributed by atoms with E-state index in [1.54, 1.807) is 6.07 Å². The zero-order valence-electron chi connectivity index (χ0n) is 30.2. The van der Waals surface area contributed by atoms with Crippen molar-refractivity contribution < 1.29 is 24.5 Å². The predicted molar refractivity (Wildman–Crippen MR) is 209 cm³/mol. The topological polar surface area (TPSA) is 108 Å². The third kappa shape index (κ3) is 7.56. The number of unbranched alkanes of at least 4 members (excludes halogenated alkanes) is 5. The molecule has 7 nitrogen and oxygen atoms in total. The van der Waals surface area contributed by atoms with Gasteiger partial charge in [0.1, 0.15) is 17.2 Å². The molecular formula is C42H48Cl2N2O5. The van der Waals surface area contributed by atoms with Gasteiger partial charge >= 0.3 is 0 Å². The molecule has 0 amide bonds. The fraction of sp³-hybridized carbons (Fsp3) is 0.381. The van der Waals surface area contributed by atoms with Crippen LogP contribution in [0.4, 0.5) is 22.7 Å². The van der Waals surface area contributed by atoms with Crippen LogP contribution >= 0.6 is 23.2 Å². The van der Waals surface area contributed by atoms with Gasteiger partial charge in [0.15, 0.2) is 11.5 Å². The van der Waals surface area contributed by atoms with Gasteiger partial charge in [0, 0.05) is 27.0 Å². The van der Waals surface area contributed by atoms with Gasteiger partial charge in [-0.15, -0.1) is 0 Å². The maximum Gasteiger partial charge on any atom is 0.202 e. The van der Waals surface area contributed by atoms with Gasteiger partial charge in [-0.2, -0.15) is 0 Å². The normalized spacial score (nSPS) is 12.1. The summed E-state index contributed by atoms with van der Waals surface area (Å²) < 4.78 is 6.63. The molecule has 1 aliphatic carbocycles. The summed E-state index contributed by atoms with van der Waals surface area (Å²) in [6, 6.07) is 11.9. The molecule has 4 aromatic rings. The number of aromatic hydroxyl groups is 2. The van der Waals surface area contributed by atoms with Gasteiger partial charge in [-0.1, -0.05) is 102 Å². The van der Waals surface area contributed by atoms with Crippen molar-refractivity contribution in [2.45, 2.75) is 98.8 Å². The lowest BCUT2D eigenvalue weighted by Crippen LogP contribution is -2.24. The smallest absolute Gasteiger partial charge is 0.202 e. The highest BCUT2D eigenvalue weighted by Crippen LogP contribution is 2.49. The molecule has 0 saturated carbocycles. The Labute approximate surface area is 311 Å². The number of benzene rings is 4. The molecule has 0 unspecified atom stereocenters. The van der Waals surface area contributed by atoms with Gasteiger partial charge in [0.2, 0.25) is 5.78 Å². The van der Waals surface area contributed by atoms with E-state index < -0.39 is 11.6 Å². The molecule has 0 saturated heterocycles. The minimum absolute atomic E-state index is 0.0306. The molecule has 0 spiro atoms. The first-order valence-corrected chi connectivity index (χ1v) is 19.0. The number of ketones is 2. The second-order valence-corrected chi connectivity index (χ2v) is 13.8. The van der Waals surface area contributed by atoms with Crippen molar-refractivity contribution in [2.24, 2.45) is 0 Å². The van der Waals surface area contributed by atoms with Gasteiger partial charge in [0.05, 0.1) is 29.0 Å². The summed E-state index contributed by atoms with van der Waals surface area (Å²) in [6.45, 7) is 10.7. The number of phenolic OH excluding ortho intramolecular Hbond substituents is 2. The van der Waals surface area contributed by atoms with Crippen molar-refractivity contribution >= 4 is 57.5 Å². The molecular weight excluding hydrogens is 683 g/mol. The second kappa shape index (κ2) is 16.9. The number of anilines is 4. The van der Waals surface area contributed by atoms with E-state index in [1.165, 1.54) is 18.6 Å². The quantitative estimate of drug-likeness (QED) is 0.0591. The third-order valence-electron chi connectivity index (χ3n) is 9.78. The fourth-order valence-corrected chi connectivity index (χ4v) is 7.56. The summed E-state index contributed by atoms with van der Waals surface area (Å²) >= 11 is 13.5. The van der Waals surface area contributed by atoms with Gasteiger partial charge < -0.3 is 25.6 Å². The van der Waals surface area contributed by atoms with E-state index >= 15 is 0 Å². The van der Waals surface area contributed by atoms with E-state index in [0.29, 0.717) is 53.7 Å². The van der Waals surface area contributed by atoms with Crippen LogP contribution in [0.1, 0.15) is 127 Å². The van der Waals surface area contributed by atoms with Crippen LogP contribution < -0.4 is 15.4 Å². The zero-order chi connectivity index (χ0) is 36.8. The summed E-state index contributed by atoms with van der Waals surface area (Å²) in [5.74, 6) is -1.77. The SMILES string of the molecule is CCCCCCCCOc1c(Nc2c(CC)ccc(Cl)c2CC)c(Nc2c(CC)ccc(Cl)c2CC)cc2c1C(=O)c1c(O)ccc(O)c1C2=O. The molecule has 1 aliphatic rings. The largest absolute Gasteiger partial charge is 0.507 e. The Morgan fingerprint density at radius 2 is 1.14 bits per heavy atom. The Morgan fingerprint density at radius 1 is 0.608 bits per heavy atom. The molecule has 9 heteroatoms. The van der Waals surface area contributed by atoms with Crippen LogP contribution in [0.3, 0.4) is 0 Å². The number of hydrogen-bond donors (Lipinski definition) is 4. The third-order valence-corrected chi connectivity index (χ3v) is 10.5. The van der Waals surface area contributed by atoms with Crippen molar-refractivity contribution in [3.05, 3.63) is 97.0 Å². The van der Waals surface area contributed by atoms with Gasteiger partial charge in [-0.3, -0.25) is 9.59 Å². The molecule has 0 aliphatic heterocycles. The molecule has 5 rings (SSSR count). The van der Waals surface area contributed by atoms with E-state index in [2.05, 4.69) is 31.4 Å². The van der Waals surface area contributed by atoms with Crippen molar-refractivity contribution in [2.75, 3.05) is 17.2 Å². The van der Waals surface area contributed by atoms with Crippen LogP contribution in [-0.2, 0) is 25.7 Å². The summed E-state index contributed by atoms with van der Waals surface area (Å²) in [7, 11) is 0. The number of ether oxygens (including phenoxy) is 1. The number of halogens is 2. The van der Waals surface area contributed by atoms with E-state index in [0.717, 1.165) is 65.7 Å². The van der Waals surface area contributed by atoms with Crippen LogP contribution in [0.5, 0.6) is 17.2 Å². The average Bonchev–Trinajstić information content (AvgIpc) is 3.12. The molecule has 0 fully saturated rings. The van der Waals surface area contributed by atoms with Gasteiger partial charge in [-0.05, 0) is 84.7 Å². The molecule has 0 aromatic heterocycles. The lowest BCUT2D eigenvalue weighted by molar-refractivity contribution is 0.0971. The van der Waals surface area contributed by atoms with Crippen LogP contribution in [0.25, 0.3) is 0 Å². The summed E-state index contributed by atoms with van der Waals surface area (Å²) in [4.78, 5) is 28.8. The first kappa shape index (κ1) is 38.0. The van der Waals surface area contributed by atoms with Crippen molar-refractivity contribution in [1.82, 2.24) is 0 Å². The second-order valence-electron chi connectivity index (χ2n) is 13.0.